The van der Waals surface area contributed by atoms with Crippen molar-refractivity contribution < 1.29 is 9.59 Å². The Labute approximate surface area is 182 Å². The second-order valence-corrected chi connectivity index (χ2v) is 8.53. The molecule has 2 amide bonds. The zero-order chi connectivity index (χ0) is 21.5. The minimum atomic E-state index is -0.228. The van der Waals surface area contributed by atoms with E-state index in [-0.39, 0.29) is 11.8 Å². The fourth-order valence-corrected chi connectivity index (χ4v) is 4.89. The molecule has 3 aromatic carbocycles. The van der Waals surface area contributed by atoms with Gasteiger partial charge < -0.3 is 4.90 Å². The number of rotatable bonds is 3. The van der Waals surface area contributed by atoms with Gasteiger partial charge in [-0.15, -0.1) is 0 Å². The number of likely N-dealkylation sites (tertiary alicyclic amines) is 1. The molecule has 3 aromatic rings. The van der Waals surface area contributed by atoms with Crippen molar-refractivity contribution in [1.29, 1.82) is 0 Å². The van der Waals surface area contributed by atoms with Crippen molar-refractivity contribution in [2.24, 2.45) is 0 Å². The summed E-state index contributed by atoms with van der Waals surface area (Å²) in [7, 11) is 0. The Morgan fingerprint density at radius 1 is 0.774 bits per heavy atom. The molecular weight excluding hydrogens is 384 g/mol. The number of carbonyl (C=O) groups is 2. The molecule has 0 N–H and O–H groups in total. The number of hydrogen-bond donors (Lipinski definition) is 0. The molecule has 0 bridgehead atoms. The summed E-state index contributed by atoms with van der Waals surface area (Å²) < 4.78 is 0. The highest BCUT2D eigenvalue weighted by Gasteiger charge is 2.43. The second kappa shape index (κ2) is 7.69. The van der Waals surface area contributed by atoms with Gasteiger partial charge >= 0.3 is 0 Å². The number of carbonyl (C=O) groups excluding carboxylic acids is 2. The average Bonchev–Trinajstić information content (AvgIpc) is 3.04. The molecule has 0 saturated carbocycles. The van der Waals surface area contributed by atoms with E-state index in [0.29, 0.717) is 17.0 Å². The van der Waals surface area contributed by atoms with Crippen LogP contribution in [0, 0.1) is 13.8 Å². The summed E-state index contributed by atoms with van der Waals surface area (Å²) in [4.78, 5) is 31.2. The van der Waals surface area contributed by atoms with Crippen molar-refractivity contribution in [1.82, 2.24) is 4.90 Å². The maximum atomic E-state index is 13.9. The lowest BCUT2D eigenvalue weighted by atomic mass is 9.96. The van der Waals surface area contributed by atoms with Crippen LogP contribution in [0.4, 0.5) is 5.69 Å². The molecule has 2 heterocycles. The van der Waals surface area contributed by atoms with Gasteiger partial charge in [-0.2, -0.15) is 0 Å². The van der Waals surface area contributed by atoms with Gasteiger partial charge in [0.25, 0.3) is 11.8 Å². The van der Waals surface area contributed by atoms with E-state index in [4.69, 9.17) is 0 Å². The monoisotopic (exact) mass is 410 g/mol. The molecule has 0 aromatic heterocycles. The molecule has 4 nitrogen and oxygen atoms in total. The Bertz CT molecular complexity index is 1230. The highest BCUT2D eigenvalue weighted by molar-refractivity contribution is 6.46. The smallest absolute Gasteiger partial charge is 0.282 e. The van der Waals surface area contributed by atoms with Crippen molar-refractivity contribution in [3.8, 4) is 0 Å². The Balaban J connectivity index is 1.70. The number of aryl methyl sites for hydroxylation is 2. The van der Waals surface area contributed by atoms with Crippen molar-refractivity contribution in [2.75, 3.05) is 18.0 Å². The van der Waals surface area contributed by atoms with Crippen molar-refractivity contribution in [2.45, 2.75) is 33.1 Å². The van der Waals surface area contributed by atoms with Crippen LogP contribution in [-0.2, 0) is 9.59 Å². The number of piperidine rings is 1. The van der Waals surface area contributed by atoms with Crippen molar-refractivity contribution in [3.63, 3.8) is 0 Å². The molecule has 2 aliphatic rings. The average molecular weight is 411 g/mol. The fraction of sp³-hybridized carbons (Fsp3) is 0.259. The number of benzene rings is 3. The third-order valence-electron chi connectivity index (χ3n) is 6.39. The molecule has 2 aliphatic heterocycles. The van der Waals surface area contributed by atoms with Crippen LogP contribution in [0.5, 0.6) is 0 Å². The predicted octanol–water partition coefficient (Wildman–Crippen LogP) is 5.23. The molecule has 0 radical (unpaired) electrons. The Morgan fingerprint density at radius 3 is 2.29 bits per heavy atom. The highest BCUT2D eigenvalue weighted by Crippen LogP contribution is 2.39. The van der Waals surface area contributed by atoms with Crippen LogP contribution in [0.3, 0.4) is 0 Å². The second-order valence-electron chi connectivity index (χ2n) is 8.53. The summed E-state index contributed by atoms with van der Waals surface area (Å²) in [5.41, 5.74) is 4.77. The lowest BCUT2D eigenvalue weighted by Gasteiger charge is -2.30. The highest BCUT2D eigenvalue weighted by atomic mass is 16.2. The van der Waals surface area contributed by atoms with Crippen LogP contribution in [-0.4, -0.2) is 29.8 Å². The molecule has 4 heteroatoms. The number of nitrogens with zero attached hydrogens (tertiary/aromatic N) is 2. The van der Waals surface area contributed by atoms with E-state index < -0.39 is 0 Å². The first-order valence-corrected chi connectivity index (χ1v) is 11.0. The minimum absolute atomic E-state index is 0.210. The van der Waals surface area contributed by atoms with Gasteiger partial charge in [0.15, 0.2) is 0 Å². The maximum absolute atomic E-state index is 13.9. The molecule has 156 valence electrons. The zero-order valence-electron chi connectivity index (χ0n) is 18.0. The van der Waals surface area contributed by atoms with Crippen LogP contribution in [0.15, 0.2) is 66.4 Å². The van der Waals surface area contributed by atoms with Gasteiger partial charge in [-0.05, 0) is 55.7 Å². The molecule has 1 saturated heterocycles. The summed E-state index contributed by atoms with van der Waals surface area (Å²) in [6, 6.07) is 19.8. The van der Waals surface area contributed by atoms with Crippen LogP contribution >= 0.6 is 0 Å². The lowest BCUT2D eigenvalue weighted by Crippen LogP contribution is -2.37. The number of amides is 2. The van der Waals surface area contributed by atoms with E-state index in [2.05, 4.69) is 11.0 Å². The molecule has 31 heavy (non-hydrogen) atoms. The zero-order valence-corrected chi connectivity index (χ0v) is 18.0. The van der Waals surface area contributed by atoms with E-state index >= 15 is 0 Å². The van der Waals surface area contributed by atoms with Crippen LogP contribution < -0.4 is 4.90 Å². The van der Waals surface area contributed by atoms with Crippen molar-refractivity contribution >= 4 is 33.8 Å². The molecular formula is C27H26N2O2. The standard InChI is InChI=1S/C27H26N2O2/c1-18-13-14-21(19(2)17-18)24-25(28-15-6-3-7-16-28)27(31)29(26(24)30)23-12-8-10-20-9-4-5-11-22(20)23/h4-5,8-14,17H,3,6-7,15-16H2,1-2H3. The van der Waals surface area contributed by atoms with Gasteiger partial charge in [0.1, 0.15) is 5.70 Å². The van der Waals surface area contributed by atoms with Crippen LogP contribution in [0.1, 0.15) is 36.0 Å². The van der Waals surface area contributed by atoms with Gasteiger partial charge in [0.05, 0.1) is 11.3 Å². The third-order valence-corrected chi connectivity index (χ3v) is 6.39. The normalized spacial score (nSPS) is 17.2. The maximum Gasteiger partial charge on any atom is 0.282 e. The lowest BCUT2D eigenvalue weighted by molar-refractivity contribution is -0.120. The number of hydrogen-bond acceptors (Lipinski definition) is 3. The van der Waals surface area contributed by atoms with Gasteiger partial charge in [-0.25, -0.2) is 4.90 Å². The molecule has 0 unspecified atom stereocenters. The molecule has 0 aliphatic carbocycles. The Morgan fingerprint density at radius 2 is 1.52 bits per heavy atom. The first-order valence-electron chi connectivity index (χ1n) is 11.0. The van der Waals surface area contributed by atoms with E-state index in [1.165, 1.54) is 4.90 Å². The number of imide groups is 1. The summed E-state index contributed by atoms with van der Waals surface area (Å²) >= 11 is 0. The number of fused-ring (bicyclic) bond motifs is 1. The summed E-state index contributed by atoms with van der Waals surface area (Å²) in [6.07, 6.45) is 3.25. The summed E-state index contributed by atoms with van der Waals surface area (Å²) in [6.45, 7) is 5.68. The van der Waals surface area contributed by atoms with E-state index in [1.807, 2.05) is 68.4 Å². The van der Waals surface area contributed by atoms with Gasteiger partial charge in [0, 0.05) is 18.5 Å². The molecule has 0 spiro atoms. The van der Waals surface area contributed by atoms with Crippen LogP contribution in [0.2, 0.25) is 0 Å². The van der Waals surface area contributed by atoms with Gasteiger partial charge in [0.2, 0.25) is 0 Å². The minimum Gasteiger partial charge on any atom is -0.366 e. The largest absolute Gasteiger partial charge is 0.366 e. The molecule has 5 rings (SSSR count). The van der Waals surface area contributed by atoms with E-state index in [1.54, 1.807) is 0 Å². The SMILES string of the molecule is Cc1ccc(C2=C(N3CCCCC3)C(=O)N(c3cccc4ccccc34)C2=O)c(C)c1. The third kappa shape index (κ3) is 3.23. The number of anilines is 1. The topological polar surface area (TPSA) is 40.6 Å². The fourth-order valence-electron chi connectivity index (χ4n) is 4.89. The Hall–Kier alpha value is -3.40. The first kappa shape index (κ1) is 19.6. The molecule has 1 fully saturated rings. The molecule has 0 atom stereocenters. The van der Waals surface area contributed by atoms with E-state index in [0.717, 1.165) is 59.8 Å². The van der Waals surface area contributed by atoms with Crippen molar-refractivity contribution in [3.05, 3.63) is 83.1 Å². The Kier molecular flexibility index (Phi) is 4.85. The summed E-state index contributed by atoms with van der Waals surface area (Å²) in [5.74, 6) is -0.438. The van der Waals surface area contributed by atoms with Gasteiger partial charge in [-0.3, -0.25) is 9.59 Å². The van der Waals surface area contributed by atoms with Gasteiger partial charge in [-0.1, -0.05) is 60.2 Å². The summed E-state index contributed by atoms with van der Waals surface area (Å²) in [5, 5.41) is 1.92. The van der Waals surface area contributed by atoms with Crippen LogP contribution in [0.25, 0.3) is 16.3 Å². The quantitative estimate of drug-likeness (QED) is 0.556. The first-order chi connectivity index (χ1) is 15.1. The predicted molar refractivity (Wildman–Crippen MR) is 125 cm³/mol. The van der Waals surface area contributed by atoms with E-state index in [9.17, 15) is 9.59 Å².